The molecule has 3 N–H and O–H groups in total. The van der Waals surface area contributed by atoms with Crippen molar-refractivity contribution in [2.24, 2.45) is 0 Å². The molecule has 248 valence electrons. The summed E-state index contributed by atoms with van der Waals surface area (Å²) in [6, 6.07) is 23.9. The van der Waals surface area contributed by atoms with Crippen LogP contribution in [-0.4, -0.2) is 45.1 Å². The third-order valence-electron chi connectivity index (χ3n) is 8.37. The van der Waals surface area contributed by atoms with Crippen LogP contribution in [0.3, 0.4) is 0 Å². The smallest absolute Gasteiger partial charge is 0.408 e. The number of amides is 3. The van der Waals surface area contributed by atoms with Crippen LogP contribution in [0.15, 0.2) is 84.9 Å². The van der Waals surface area contributed by atoms with Crippen LogP contribution < -0.4 is 10.6 Å². The quantitative estimate of drug-likeness (QED) is 0.163. The van der Waals surface area contributed by atoms with Gasteiger partial charge >= 0.3 is 6.09 Å². The first-order valence-electron chi connectivity index (χ1n) is 16.1. The van der Waals surface area contributed by atoms with Crippen molar-refractivity contribution >= 4 is 34.4 Å². The summed E-state index contributed by atoms with van der Waals surface area (Å²) in [4.78, 5) is 44.4. The molecule has 2 unspecified atom stereocenters. The summed E-state index contributed by atoms with van der Waals surface area (Å²) >= 11 is 0. The second kappa shape index (κ2) is 14.3. The maximum atomic E-state index is 15.0. The summed E-state index contributed by atoms with van der Waals surface area (Å²) in [5.41, 5.74) is 2.21. The van der Waals surface area contributed by atoms with Crippen molar-refractivity contribution < 1.29 is 24.2 Å². The number of aromatic hydroxyl groups is 1. The van der Waals surface area contributed by atoms with Gasteiger partial charge in [-0.05, 0) is 107 Å². The monoisotopic (exact) mass is 637 g/mol. The topological polar surface area (TPSA) is 108 Å². The van der Waals surface area contributed by atoms with Gasteiger partial charge in [-0.25, -0.2) is 4.79 Å². The SMILES string of the molecule is CCC(C)(C)N(C(=O)C(Cc1ccc(O)cc1)NC(=O)OC(C)(C)C)C(C(=O)Nc1ccc2ccccc2c1)c1cc(C)ccc1C. The van der Waals surface area contributed by atoms with Crippen LogP contribution in [-0.2, 0) is 20.7 Å². The third kappa shape index (κ3) is 8.91. The van der Waals surface area contributed by atoms with Crippen LogP contribution in [0.4, 0.5) is 10.5 Å². The van der Waals surface area contributed by atoms with E-state index in [1.807, 2.05) is 95.3 Å². The van der Waals surface area contributed by atoms with Crippen LogP contribution in [0, 0.1) is 13.8 Å². The Morgan fingerprint density at radius 2 is 1.51 bits per heavy atom. The highest BCUT2D eigenvalue weighted by atomic mass is 16.6. The third-order valence-corrected chi connectivity index (χ3v) is 8.37. The average molecular weight is 638 g/mol. The van der Waals surface area contributed by atoms with Crippen LogP contribution in [0.25, 0.3) is 10.8 Å². The highest BCUT2D eigenvalue weighted by molar-refractivity contribution is 6.01. The van der Waals surface area contributed by atoms with Crippen molar-refractivity contribution in [3.63, 3.8) is 0 Å². The number of fused-ring (bicyclic) bond motifs is 1. The number of phenolic OH excluding ortho intramolecular Hbond substituents is 1. The molecule has 0 heterocycles. The normalized spacial score (nSPS) is 13.0. The maximum Gasteiger partial charge on any atom is 0.408 e. The predicted molar refractivity (Wildman–Crippen MR) is 187 cm³/mol. The van der Waals surface area contributed by atoms with Gasteiger partial charge in [-0.1, -0.05) is 73.2 Å². The van der Waals surface area contributed by atoms with Gasteiger partial charge in [-0.15, -0.1) is 0 Å². The Bertz CT molecular complexity index is 1740. The zero-order valence-electron chi connectivity index (χ0n) is 28.7. The Morgan fingerprint density at radius 3 is 2.15 bits per heavy atom. The van der Waals surface area contributed by atoms with Crippen molar-refractivity contribution in [3.05, 3.63) is 107 Å². The van der Waals surface area contributed by atoms with Crippen molar-refractivity contribution in [2.75, 3.05) is 5.32 Å². The van der Waals surface area contributed by atoms with Gasteiger partial charge in [0.15, 0.2) is 0 Å². The van der Waals surface area contributed by atoms with Crippen molar-refractivity contribution in [1.82, 2.24) is 10.2 Å². The van der Waals surface area contributed by atoms with Gasteiger partial charge in [-0.3, -0.25) is 9.59 Å². The summed E-state index contributed by atoms with van der Waals surface area (Å²) in [6.45, 7) is 15.0. The number of carbonyl (C=O) groups excluding carboxylic acids is 3. The number of hydrogen-bond acceptors (Lipinski definition) is 5. The molecule has 0 fully saturated rings. The zero-order chi connectivity index (χ0) is 34.5. The largest absolute Gasteiger partial charge is 0.508 e. The molecule has 47 heavy (non-hydrogen) atoms. The molecule has 2 atom stereocenters. The average Bonchev–Trinajstić information content (AvgIpc) is 3.00. The molecular formula is C39H47N3O5. The fourth-order valence-corrected chi connectivity index (χ4v) is 5.56. The molecule has 0 spiro atoms. The van der Waals surface area contributed by atoms with E-state index >= 15 is 0 Å². The lowest BCUT2D eigenvalue weighted by atomic mass is 9.89. The minimum atomic E-state index is -1.08. The fourth-order valence-electron chi connectivity index (χ4n) is 5.56. The molecule has 3 amide bonds. The molecule has 4 aromatic rings. The number of aryl methyl sites for hydroxylation is 2. The number of nitrogens with zero attached hydrogens (tertiary/aromatic N) is 1. The maximum absolute atomic E-state index is 15.0. The number of anilines is 1. The molecule has 0 bridgehead atoms. The van der Waals surface area contributed by atoms with Gasteiger partial charge in [0, 0.05) is 17.6 Å². The zero-order valence-corrected chi connectivity index (χ0v) is 28.7. The number of phenols is 1. The van der Waals surface area contributed by atoms with E-state index in [-0.39, 0.29) is 18.1 Å². The van der Waals surface area contributed by atoms with E-state index in [0.717, 1.165) is 27.5 Å². The Kier molecular flexibility index (Phi) is 10.6. The minimum Gasteiger partial charge on any atom is -0.508 e. The minimum absolute atomic E-state index is 0.0887. The molecular weight excluding hydrogens is 590 g/mol. The van der Waals surface area contributed by atoms with Crippen molar-refractivity contribution in [2.45, 2.75) is 91.5 Å². The molecule has 0 aliphatic carbocycles. The van der Waals surface area contributed by atoms with E-state index in [9.17, 15) is 19.5 Å². The Morgan fingerprint density at radius 1 is 0.851 bits per heavy atom. The van der Waals surface area contributed by atoms with E-state index in [2.05, 4.69) is 10.6 Å². The van der Waals surface area contributed by atoms with E-state index in [1.165, 1.54) is 12.1 Å². The molecule has 4 aromatic carbocycles. The van der Waals surface area contributed by atoms with E-state index in [4.69, 9.17) is 4.74 Å². The van der Waals surface area contributed by atoms with Gasteiger partial charge < -0.3 is 25.4 Å². The molecule has 0 aliphatic heterocycles. The summed E-state index contributed by atoms with van der Waals surface area (Å²) in [5.74, 6) is -0.717. The number of rotatable bonds is 10. The lowest BCUT2D eigenvalue weighted by molar-refractivity contribution is -0.147. The fraction of sp³-hybridized carbons (Fsp3) is 0.359. The number of carbonyl (C=O) groups is 3. The molecule has 4 rings (SSSR count). The number of hydrogen-bond donors (Lipinski definition) is 3. The molecule has 8 heteroatoms. The first-order valence-corrected chi connectivity index (χ1v) is 16.1. The molecule has 0 saturated carbocycles. The van der Waals surface area contributed by atoms with Gasteiger partial charge in [0.1, 0.15) is 23.4 Å². The first kappa shape index (κ1) is 35.0. The lowest BCUT2D eigenvalue weighted by Crippen LogP contribution is -2.59. The molecule has 0 saturated heterocycles. The first-order chi connectivity index (χ1) is 22.1. The second-order valence-electron chi connectivity index (χ2n) is 13.8. The van der Waals surface area contributed by atoms with Gasteiger partial charge in [0.05, 0.1) is 0 Å². The summed E-state index contributed by atoms with van der Waals surface area (Å²) in [5, 5.41) is 17.8. The standard InChI is InChI=1S/C39H47N3O5/c1-9-39(7,8)42(36(45)33(41-37(46)47-38(4,5)6)23-27-16-20-31(43)21-17-27)34(32-22-25(2)14-15-26(32)3)35(44)40-30-19-18-28-12-10-11-13-29(28)24-30/h10-22,24,33-34,43H,9,23H2,1-8H3,(H,40,44)(H,41,46). The number of nitrogens with one attached hydrogen (secondary N) is 2. The Balaban J connectivity index is 1.84. The van der Waals surface area contributed by atoms with E-state index in [0.29, 0.717) is 17.7 Å². The van der Waals surface area contributed by atoms with Gasteiger partial charge in [0.2, 0.25) is 5.91 Å². The lowest BCUT2D eigenvalue weighted by Gasteiger charge is -2.45. The highest BCUT2D eigenvalue weighted by Crippen LogP contribution is 2.35. The van der Waals surface area contributed by atoms with Crippen molar-refractivity contribution in [3.8, 4) is 5.75 Å². The number of benzene rings is 4. The van der Waals surface area contributed by atoms with Crippen LogP contribution in [0.1, 0.15) is 76.3 Å². The molecule has 0 radical (unpaired) electrons. The molecule has 0 aliphatic rings. The van der Waals surface area contributed by atoms with Crippen LogP contribution in [0.2, 0.25) is 0 Å². The molecule has 0 aromatic heterocycles. The van der Waals surface area contributed by atoms with Gasteiger partial charge in [-0.2, -0.15) is 0 Å². The molecule has 8 nitrogen and oxygen atoms in total. The van der Waals surface area contributed by atoms with Crippen molar-refractivity contribution in [1.29, 1.82) is 0 Å². The van der Waals surface area contributed by atoms with Crippen LogP contribution in [0.5, 0.6) is 5.75 Å². The summed E-state index contributed by atoms with van der Waals surface area (Å²) in [6.07, 6.45) is -0.102. The number of ether oxygens (including phenoxy) is 1. The van der Waals surface area contributed by atoms with Crippen LogP contribution >= 0.6 is 0 Å². The van der Waals surface area contributed by atoms with Gasteiger partial charge in [0.25, 0.3) is 5.91 Å². The van der Waals surface area contributed by atoms with E-state index < -0.39 is 35.2 Å². The predicted octanol–water partition coefficient (Wildman–Crippen LogP) is 8.00. The van der Waals surface area contributed by atoms with E-state index in [1.54, 1.807) is 37.8 Å². The second-order valence-corrected chi connectivity index (χ2v) is 13.8. The Hall–Kier alpha value is -4.85. The summed E-state index contributed by atoms with van der Waals surface area (Å²) in [7, 11) is 0. The Labute approximate surface area is 278 Å². The number of alkyl carbamates (subject to hydrolysis) is 1. The summed E-state index contributed by atoms with van der Waals surface area (Å²) < 4.78 is 5.57. The highest BCUT2D eigenvalue weighted by Gasteiger charge is 2.43.